The number of aromatic amines is 1. The lowest BCUT2D eigenvalue weighted by Crippen LogP contribution is -2.32. The highest BCUT2D eigenvalue weighted by Crippen LogP contribution is 2.24. The molecule has 37 heavy (non-hydrogen) atoms. The summed E-state index contributed by atoms with van der Waals surface area (Å²) in [5.74, 6) is 1.50. The fourth-order valence-electron chi connectivity index (χ4n) is 3.77. The highest BCUT2D eigenvalue weighted by Gasteiger charge is 2.08. The third-order valence-electron chi connectivity index (χ3n) is 5.88. The van der Waals surface area contributed by atoms with Crippen LogP contribution in [0.4, 0.5) is 0 Å². The van der Waals surface area contributed by atoms with Gasteiger partial charge in [0, 0.05) is 24.9 Å². The van der Waals surface area contributed by atoms with E-state index in [0.29, 0.717) is 25.5 Å². The Kier molecular flexibility index (Phi) is 11.2. The van der Waals surface area contributed by atoms with Crippen molar-refractivity contribution in [2.75, 3.05) is 40.0 Å². The van der Waals surface area contributed by atoms with Gasteiger partial charge in [-0.05, 0) is 74.2 Å². The summed E-state index contributed by atoms with van der Waals surface area (Å²) in [6.45, 7) is 4.57. The number of methoxy groups -OCH3 is 1. The number of nitrogens with zero attached hydrogens (tertiary/aromatic N) is 1. The first kappa shape index (κ1) is 27.9. The van der Waals surface area contributed by atoms with Crippen molar-refractivity contribution in [3.05, 3.63) is 81.8 Å². The molecule has 8 nitrogen and oxygen atoms in total. The average Bonchev–Trinajstić information content (AvgIpc) is 2.91. The Balaban J connectivity index is 1.28. The topological polar surface area (TPSA) is 117 Å². The van der Waals surface area contributed by atoms with Crippen molar-refractivity contribution in [1.29, 1.82) is 5.26 Å². The summed E-state index contributed by atoms with van der Waals surface area (Å²) in [7, 11) is 1.69. The maximum atomic E-state index is 11.7. The number of nitrogens with one attached hydrogen (secondary N) is 2. The summed E-state index contributed by atoms with van der Waals surface area (Å²) in [6, 6.07) is 19.0. The van der Waals surface area contributed by atoms with E-state index >= 15 is 0 Å². The van der Waals surface area contributed by atoms with E-state index in [2.05, 4.69) is 10.3 Å². The van der Waals surface area contributed by atoms with Crippen LogP contribution in [0.25, 0.3) is 11.1 Å². The van der Waals surface area contributed by atoms with Crippen molar-refractivity contribution >= 4 is 0 Å². The molecule has 0 radical (unpaired) electrons. The smallest absolute Gasteiger partial charge is 0.266 e. The predicted molar refractivity (Wildman–Crippen MR) is 143 cm³/mol. The molecular weight excluding hydrogens is 470 g/mol. The van der Waals surface area contributed by atoms with Gasteiger partial charge in [0.2, 0.25) is 0 Å². The number of H-pyrrole nitrogens is 1. The van der Waals surface area contributed by atoms with Crippen LogP contribution in [0.1, 0.15) is 29.7 Å². The number of ether oxygens (including phenoxy) is 3. The van der Waals surface area contributed by atoms with Gasteiger partial charge in [0.15, 0.2) is 0 Å². The summed E-state index contributed by atoms with van der Waals surface area (Å²) < 4.78 is 16.6. The van der Waals surface area contributed by atoms with Crippen LogP contribution < -0.4 is 20.3 Å². The summed E-state index contributed by atoms with van der Waals surface area (Å²) >= 11 is 0. The number of hydrogen-bond acceptors (Lipinski definition) is 7. The second kappa shape index (κ2) is 14.8. The standard InChI is InChI=1S/C29H35N3O5/c1-21-28(17-24(18-30)29(34)32-21)23-7-11-26(12-8-23)36-15-4-3-14-31-19-25(33)20-37-27-9-5-22(6-10-27)13-16-35-2/h5-12,17,25,31,33H,3-4,13-16,19-20H2,1-2H3,(H,32,34)/t25-/m0/s1. The molecule has 0 aliphatic carbocycles. The summed E-state index contributed by atoms with van der Waals surface area (Å²) in [4.78, 5) is 14.5. The molecule has 0 bridgehead atoms. The second-order valence-electron chi connectivity index (χ2n) is 8.80. The minimum Gasteiger partial charge on any atom is -0.494 e. The monoisotopic (exact) mass is 505 g/mol. The normalized spacial score (nSPS) is 11.6. The van der Waals surface area contributed by atoms with Gasteiger partial charge in [0.25, 0.3) is 5.56 Å². The van der Waals surface area contributed by atoms with E-state index in [1.54, 1.807) is 13.2 Å². The Morgan fingerprint density at radius 1 is 1.03 bits per heavy atom. The molecule has 196 valence electrons. The molecule has 1 atom stereocenters. The molecule has 0 aliphatic rings. The molecule has 0 saturated heterocycles. The lowest BCUT2D eigenvalue weighted by molar-refractivity contribution is 0.106. The van der Waals surface area contributed by atoms with Gasteiger partial charge in [-0.15, -0.1) is 0 Å². The van der Waals surface area contributed by atoms with Gasteiger partial charge in [0.05, 0.1) is 13.2 Å². The van der Waals surface area contributed by atoms with Crippen LogP contribution in [-0.4, -0.2) is 56.2 Å². The number of benzene rings is 2. The third kappa shape index (κ3) is 9.07. The first-order valence-electron chi connectivity index (χ1n) is 12.5. The van der Waals surface area contributed by atoms with Crippen LogP contribution in [0.3, 0.4) is 0 Å². The molecule has 1 aromatic heterocycles. The lowest BCUT2D eigenvalue weighted by Gasteiger charge is -2.14. The van der Waals surface area contributed by atoms with Crippen LogP contribution in [0, 0.1) is 18.3 Å². The zero-order chi connectivity index (χ0) is 26.5. The van der Waals surface area contributed by atoms with E-state index in [-0.39, 0.29) is 17.7 Å². The van der Waals surface area contributed by atoms with Gasteiger partial charge in [-0.25, -0.2) is 0 Å². The molecule has 2 aromatic carbocycles. The number of pyridine rings is 1. The third-order valence-corrected chi connectivity index (χ3v) is 5.88. The maximum Gasteiger partial charge on any atom is 0.266 e. The number of unbranched alkanes of at least 4 members (excludes halogenated alkanes) is 1. The fraction of sp³-hybridized carbons (Fsp3) is 0.379. The SMILES string of the molecule is COCCc1ccc(OC[C@@H](O)CNCCCCOc2ccc(-c3cc(C#N)c(=O)[nH]c3C)cc2)cc1. The van der Waals surface area contributed by atoms with Gasteiger partial charge in [-0.1, -0.05) is 24.3 Å². The van der Waals surface area contributed by atoms with Crippen molar-refractivity contribution in [2.24, 2.45) is 0 Å². The van der Waals surface area contributed by atoms with Crippen molar-refractivity contribution in [3.63, 3.8) is 0 Å². The number of aliphatic hydroxyl groups is 1. The molecule has 0 aliphatic heterocycles. The van der Waals surface area contributed by atoms with Crippen LogP contribution in [0.2, 0.25) is 0 Å². The quantitative estimate of drug-likeness (QED) is 0.270. The molecule has 3 aromatic rings. The Morgan fingerprint density at radius 3 is 2.43 bits per heavy atom. The second-order valence-corrected chi connectivity index (χ2v) is 8.80. The first-order chi connectivity index (χ1) is 18.0. The largest absolute Gasteiger partial charge is 0.494 e. The predicted octanol–water partition coefficient (Wildman–Crippen LogP) is 3.60. The molecule has 1 heterocycles. The molecular formula is C29H35N3O5. The average molecular weight is 506 g/mol. The highest BCUT2D eigenvalue weighted by atomic mass is 16.5. The molecule has 3 rings (SSSR count). The number of aliphatic hydroxyl groups excluding tert-OH is 1. The van der Waals surface area contributed by atoms with Gasteiger partial charge >= 0.3 is 0 Å². The highest BCUT2D eigenvalue weighted by molar-refractivity contribution is 5.67. The minimum absolute atomic E-state index is 0.0956. The Bertz CT molecular complexity index is 1200. The van der Waals surface area contributed by atoms with Gasteiger partial charge in [-0.3, -0.25) is 4.79 Å². The zero-order valence-corrected chi connectivity index (χ0v) is 21.5. The number of aryl methyl sites for hydroxylation is 1. The van der Waals surface area contributed by atoms with Crippen molar-refractivity contribution in [1.82, 2.24) is 10.3 Å². The molecule has 0 fully saturated rings. The summed E-state index contributed by atoms with van der Waals surface area (Å²) in [6.07, 6.45) is 2.07. The molecule has 0 saturated carbocycles. The van der Waals surface area contributed by atoms with Crippen LogP contribution in [-0.2, 0) is 11.2 Å². The number of aromatic nitrogens is 1. The Hall–Kier alpha value is -3.64. The fourth-order valence-corrected chi connectivity index (χ4v) is 3.77. The van der Waals surface area contributed by atoms with Crippen LogP contribution in [0.5, 0.6) is 11.5 Å². The first-order valence-corrected chi connectivity index (χ1v) is 12.5. The molecule has 0 spiro atoms. The van der Waals surface area contributed by atoms with Crippen molar-refractivity contribution in [3.8, 4) is 28.7 Å². The Morgan fingerprint density at radius 2 is 1.73 bits per heavy atom. The summed E-state index contributed by atoms with van der Waals surface area (Å²) in [5.41, 5.74) is 3.35. The molecule has 8 heteroatoms. The van der Waals surface area contributed by atoms with Crippen LogP contribution >= 0.6 is 0 Å². The van der Waals surface area contributed by atoms with E-state index in [9.17, 15) is 9.90 Å². The van der Waals surface area contributed by atoms with E-state index in [1.165, 1.54) is 5.56 Å². The Labute approximate surface area is 217 Å². The van der Waals surface area contributed by atoms with E-state index in [0.717, 1.165) is 48.4 Å². The van der Waals surface area contributed by atoms with Crippen molar-refractivity contribution < 1.29 is 19.3 Å². The molecule has 0 amide bonds. The molecule has 3 N–H and O–H groups in total. The van der Waals surface area contributed by atoms with E-state index in [1.807, 2.05) is 61.5 Å². The summed E-state index contributed by atoms with van der Waals surface area (Å²) in [5, 5.41) is 22.5. The number of nitriles is 1. The minimum atomic E-state index is -0.585. The van der Waals surface area contributed by atoms with E-state index in [4.69, 9.17) is 19.5 Å². The number of rotatable bonds is 15. The van der Waals surface area contributed by atoms with Crippen LogP contribution in [0.15, 0.2) is 59.4 Å². The molecule has 0 unspecified atom stereocenters. The van der Waals surface area contributed by atoms with Gasteiger partial charge < -0.3 is 29.6 Å². The number of hydrogen-bond donors (Lipinski definition) is 3. The maximum absolute atomic E-state index is 11.7. The van der Waals surface area contributed by atoms with Gasteiger partial charge in [0.1, 0.15) is 35.8 Å². The lowest BCUT2D eigenvalue weighted by atomic mass is 10.0. The van der Waals surface area contributed by atoms with E-state index < -0.39 is 6.10 Å². The van der Waals surface area contributed by atoms with Crippen molar-refractivity contribution in [2.45, 2.75) is 32.3 Å². The van der Waals surface area contributed by atoms with Gasteiger partial charge in [-0.2, -0.15) is 5.26 Å². The zero-order valence-electron chi connectivity index (χ0n) is 21.5.